The molecule has 22 heavy (non-hydrogen) atoms. The first-order valence-corrected chi connectivity index (χ1v) is 8.23. The van der Waals surface area contributed by atoms with E-state index in [4.69, 9.17) is 10.5 Å². The van der Waals surface area contributed by atoms with Gasteiger partial charge in [-0.25, -0.2) is 0 Å². The monoisotopic (exact) mass is 306 g/mol. The van der Waals surface area contributed by atoms with Crippen molar-refractivity contribution in [1.82, 2.24) is 5.32 Å². The van der Waals surface area contributed by atoms with Crippen molar-refractivity contribution in [2.45, 2.75) is 58.9 Å². The lowest BCUT2D eigenvalue weighted by atomic mass is 10.1. The lowest BCUT2D eigenvalue weighted by Crippen LogP contribution is -2.36. The van der Waals surface area contributed by atoms with Gasteiger partial charge in [0.05, 0.1) is 6.04 Å². The normalized spacial score (nSPS) is 12.0. The van der Waals surface area contributed by atoms with Crippen LogP contribution in [0.1, 0.15) is 50.2 Å². The summed E-state index contributed by atoms with van der Waals surface area (Å²) in [4.78, 5) is 11.8. The fraction of sp³-hybridized carbons (Fsp3) is 0.611. The molecule has 0 heterocycles. The first-order valence-electron chi connectivity index (χ1n) is 8.23. The molecular formula is C18H30N2O2. The van der Waals surface area contributed by atoms with Crippen LogP contribution in [-0.4, -0.2) is 25.1 Å². The molecule has 1 aromatic rings. The summed E-state index contributed by atoms with van der Waals surface area (Å²) in [5, 5.41) is 2.99. The van der Waals surface area contributed by atoms with Crippen molar-refractivity contribution < 1.29 is 9.53 Å². The smallest absolute Gasteiger partial charge is 0.220 e. The number of carbonyl (C=O) groups is 1. The number of nitrogens with two attached hydrogens (primary N) is 1. The summed E-state index contributed by atoms with van der Waals surface area (Å²) >= 11 is 0. The number of carbonyl (C=O) groups excluding carboxylic acids is 1. The van der Waals surface area contributed by atoms with Gasteiger partial charge in [0.2, 0.25) is 5.91 Å². The van der Waals surface area contributed by atoms with Gasteiger partial charge in [-0.15, -0.1) is 0 Å². The molecule has 0 radical (unpaired) electrons. The Morgan fingerprint density at radius 2 is 1.82 bits per heavy atom. The van der Waals surface area contributed by atoms with E-state index in [0.29, 0.717) is 13.0 Å². The Morgan fingerprint density at radius 3 is 2.45 bits per heavy atom. The molecule has 4 heteroatoms. The van der Waals surface area contributed by atoms with E-state index in [1.165, 1.54) is 0 Å². The number of unbranched alkanes of at least 4 members (excludes halogenated alkanes) is 3. The summed E-state index contributed by atoms with van der Waals surface area (Å²) in [6.07, 6.45) is 4.73. The van der Waals surface area contributed by atoms with E-state index in [-0.39, 0.29) is 11.9 Å². The van der Waals surface area contributed by atoms with Gasteiger partial charge in [0.25, 0.3) is 0 Å². The minimum atomic E-state index is 0.00977. The largest absolute Gasteiger partial charge is 0.491 e. The van der Waals surface area contributed by atoms with Crippen molar-refractivity contribution in [3.8, 4) is 5.75 Å². The summed E-state index contributed by atoms with van der Waals surface area (Å²) in [5.41, 5.74) is 7.69. The maximum absolute atomic E-state index is 11.8. The van der Waals surface area contributed by atoms with Crippen molar-refractivity contribution in [3.05, 3.63) is 29.3 Å². The molecule has 1 atom stereocenters. The van der Waals surface area contributed by atoms with Crippen LogP contribution in [0.25, 0.3) is 0 Å². The van der Waals surface area contributed by atoms with E-state index in [9.17, 15) is 4.79 Å². The molecule has 0 fully saturated rings. The zero-order chi connectivity index (χ0) is 16.4. The number of hydrogen-bond acceptors (Lipinski definition) is 3. The fourth-order valence-electron chi connectivity index (χ4n) is 2.41. The zero-order valence-electron chi connectivity index (χ0n) is 14.2. The summed E-state index contributed by atoms with van der Waals surface area (Å²) in [5.74, 6) is 1.02. The van der Waals surface area contributed by atoms with E-state index < -0.39 is 0 Å². The van der Waals surface area contributed by atoms with E-state index in [2.05, 4.69) is 5.32 Å². The van der Waals surface area contributed by atoms with E-state index in [0.717, 1.165) is 49.1 Å². The number of benzene rings is 1. The van der Waals surface area contributed by atoms with Gasteiger partial charge in [-0.1, -0.05) is 31.0 Å². The van der Waals surface area contributed by atoms with Crippen molar-refractivity contribution in [2.75, 3.05) is 13.2 Å². The summed E-state index contributed by atoms with van der Waals surface area (Å²) in [6, 6.07) is 6.10. The Kier molecular flexibility index (Phi) is 8.60. The third-order valence-electron chi connectivity index (χ3n) is 3.65. The van der Waals surface area contributed by atoms with Crippen molar-refractivity contribution in [2.24, 2.45) is 5.73 Å². The second-order valence-corrected chi connectivity index (χ2v) is 5.95. The molecule has 1 rings (SSSR count). The number of nitrogens with one attached hydrogen (secondary N) is 1. The molecule has 4 nitrogen and oxygen atoms in total. The molecule has 0 aliphatic rings. The Bertz CT molecular complexity index is 440. The molecule has 1 amide bonds. The molecule has 124 valence electrons. The topological polar surface area (TPSA) is 64.3 Å². The van der Waals surface area contributed by atoms with Crippen molar-refractivity contribution >= 4 is 5.91 Å². The van der Waals surface area contributed by atoms with Gasteiger partial charge in [0, 0.05) is 6.42 Å². The first kappa shape index (κ1) is 18.5. The molecule has 0 aliphatic heterocycles. The number of para-hydroxylation sites is 1. The molecule has 0 saturated carbocycles. The number of rotatable bonds is 10. The number of aryl methyl sites for hydroxylation is 2. The molecular weight excluding hydrogens is 276 g/mol. The third-order valence-corrected chi connectivity index (χ3v) is 3.65. The van der Waals surface area contributed by atoms with Gasteiger partial charge in [0.1, 0.15) is 12.4 Å². The second kappa shape index (κ2) is 10.2. The quantitative estimate of drug-likeness (QED) is 0.653. The van der Waals surface area contributed by atoms with Crippen LogP contribution < -0.4 is 15.8 Å². The number of ether oxygens (including phenoxy) is 1. The minimum absolute atomic E-state index is 0.00977. The van der Waals surface area contributed by atoms with Gasteiger partial charge in [-0.05, 0) is 51.3 Å². The molecule has 0 spiro atoms. The van der Waals surface area contributed by atoms with Gasteiger partial charge >= 0.3 is 0 Å². The second-order valence-electron chi connectivity index (χ2n) is 5.95. The summed E-state index contributed by atoms with van der Waals surface area (Å²) in [6.45, 7) is 7.27. The standard InChI is InChI=1S/C18H30N2O2/c1-14-9-8-10-15(2)18(14)22-13-16(3)20-17(21)11-6-4-5-7-12-19/h8-10,16H,4-7,11-13,19H2,1-3H3,(H,20,21). The highest BCUT2D eigenvalue weighted by Crippen LogP contribution is 2.22. The van der Waals surface area contributed by atoms with Crippen LogP contribution in [0.5, 0.6) is 5.75 Å². The van der Waals surface area contributed by atoms with Crippen LogP contribution >= 0.6 is 0 Å². The lowest BCUT2D eigenvalue weighted by Gasteiger charge is -2.17. The molecule has 0 aromatic heterocycles. The molecule has 1 aromatic carbocycles. The van der Waals surface area contributed by atoms with E-state index >= 15 is 0 Å². The maximum Gasteiger partial charge on any atom is 0.220 e. The molecule has 1 unspecified atom stereocenters. The molecule has 0 aliphatic carbocycles. The van der Waals surface area contributed by atoms with Crippen LogP contribution in [0.2, 0.25) is 0 Å². The Balaban J connectivity index is 2.25. The Hall–Kier alpha value is -1.55. The van der Waals surface area contributed by atoms with Crippen LogP contribution in [0.15, 0.2) is 18.2 Å². The van der Waals surface area contributed by atoms with Gasteiger partial charge in [0.15, 0.2) is 0 Å². The predicted octanol–water partition coefficient (Wildman–Crippen LogP) is 3.10. The molecule has 0 saturated heterocycles. The van der Waals surface area contributed by atoms with Crippen molar-refractivity contribution in [1.29, 1.82) is 0 Å². The zero-order valence-corrected chi connectivity index (χ0v) is 14.2. The van der Waals surface area contributed by atoms with Crippen LogP contribution in [0, 0.1) is 13.8 Å². The minimum Gasteiger partial charge on any atom is -0.491 e. The first-order chi connectivity index (χ1) is 10.5. The van der Waals surface area contributed by atoms with Gasteiger partial charge < -0.3 is 15.8 Å². The van der Waals surface area contributed by atoms with Gasteiger partial charge in [-0.3, -0.25) is 4.79 Å². The lowest BCUT2D eigenvalue weighted by molar-refractivity contribution is -0.122. The van der Waals surface area contributed by atoms with Crippen LogP contribution in [0.3, 0.4) is 0 Å². The van der Waals surface area contributed by atoms with Crippen molar-refractivity contribution in [3.63, 3.8) is 0 Å². The predicted molar refractivity (Wildman–Crippen MR) is 91.2 cm³/mol. The van der Waals surface area contributed by atoms with E-state index in [1.807, 2.05) is 39.0 Å². The molecule has 0 bridgehead atoms. The maximum atomic E-state index is 11.8. The van der Waals surface area contributed by atoms with Crippen LogP contribution in [-0.2, 0) is 4.79 Å². The Morgan fingerprint density at radius 1 is 1.18 bits per heavy atom. The number of amides is 1. The molecule has 3 N–H and O–H groups in total. The van der Waals surface area contributed by atoms with Crippen LogP contribution in [0.4, 0.5) is 0 Å². The number of hydrogen-bond donors (Lipinski definition) is 2. The summed E-state index contributed by atoms with van der Waals surface area (Å²) in [7, 11) is 0. The highest BCUT2D eigenvalue weighted by atomic mass is 16.5. The fourth-order valence-corrected chi connectivity index (χ4v) is 2.41. The van der Waals surface area contributed by atoms with E-state index in [1.54, 1.807) is 0 Å². The summed E-state index contributed by atoms with van der Waals surface area (Å²) < 4.78 is 5.86. The average Bonchev–Trinajstić information content (AvgIpc) is 2.46. The highest BCUT2D eigenvalue weighted by molar-refractivity contribution is 5.76. The van der Waals surface area contributed by atoms with Gasteiger partial charge in [-0.2, -0.15) is 0 Å². The SMILES string of the molecule is Cc1cccc(C)c1OCC(C)NC(=O)CCCCCCN. The average molecular weight is 306 g/mol. The highest BCUT2D eigenvalue weighted by Gasteiger charge is 2.10. The Labute approximate surface area is 134 Å². The third kappa shape index (κ3) is 6.94.